The van der Waals surface area contributed by atoms with E-state index in [0.29, 0.717) is 13.0 Å². The molecule has 1 N–H and O–H groups in total. The molecule has 0 saturated carbocycles. The molecule has 90 valence electrons. The van der Waals surface area contributed by atoms with Gasteiger partial charge in [-0.2, -0.15) is 0 Å². The Kier molecular flexibility index (Phi) is 5.74. The van der Waals surface area contributed by atoms with Gasteiger partial charge in [0.25, 0.3) is 0 Å². The predicted molar refractivity (Wildman–Crippen MR) is 62.2 cm³/mol. The molecule has 0 spiro atoms. The molecule has 1 rings (SSSR count). The van der Waals surface area contributed by atoms with Crippen molar-refractivity contribution in [2.75, 3.05) is 13.2 Å². The first-order valence-corrected chi connectivity index (χ1v) is 5.71. The van der Waals surface area contributed by atoms with Gasteiger partial charge in [0.05, 0.1) is 17.7 Å². The second kappa shape index (κ2) is 6.84. The largest absolute Gasteiger partial charge is 0.390 e. The summed E-state index contributed by atoms with van der Waals surface area (Å²) in [6.45, 7) is 2.91. The fourth-order valence-electron chi connectivity index (χ4n) is 1.36. The summed E-state index contributed by atoms with van der Waals surface area (Å²) in [5.41, 5.74) is 0.717. The van der Waals surface area contributed by atoms with Crippen LogP contribution in [0.2, 0.25) is 5.02 Å². The molecule has 0 aliphatic rings. The molecule has 16 heavy (non-hydrogen) atoms. The molecular weight excluding hydrogens is 231 g/mol. The zero-order valence-electron chi connectivity index (χ0n) is 9.25. The minimum atomic E-state index is -0.605. The molecule has 0 aromatic heterocycles. The highest BCUT2D eigenvalue weighted by Crippen LogP contribution is 2.16. The summed E-state index contributed by atoms with van der Waals surface area (Å²) < 4.78 is 18.3. The number of ether oxygens (including phenoxy) is 1. The third-order valence-corrected chi connectivity index (χ3v) is 2.42. The molecule has 0 aliphatic carbocycles. The van der Waals surface area contributed by atoms with Gasteiger partial charge in [-0.05, 0) is 24.1 Å². The van der Waals surface area contributed by atoms with E-state index in [9.17, 15) is 9.50 Å². The minimum Gasteiger partial charge on any atom is -0.390 e. The summed E-state index contributed by atoms with van der Waals surface area (Å²) in [4.78, 5) is 0. The van der Waals surface area contributed by atoms with Crippen molar-refractivity contribution >= 4 is 11.6 Å². The molecule has 0 heterocycles. The van der Waals surface area contributed by atoms with Crippen molar-refractivity contribution in [1.29, 1.82) is 0 Å². The fraction of sp³-hybridized carbons (Fsp3) is 0.500. The number of hydrogen-bond donors (Lipinski definition) is 1. The maximum absolute atomic E-state index is 13.1. The van der Waals surface area contributed by atoms with E-state index in [0.717, 1.165) is 12.0 Å². The Hall–Kier alpha value is -0.640. The summed E-state index contributed by atoms with van der Waals surface area (Å²) in [6, 6.07) is 4.53. The van der Waals surface area contributed by atoms with Gasteiger partial charge < -0.3 is 9.84 Å². The van der Waals surface area contributed by atoms with Crippen molar-refractivity contribution in [2.45, 2.75) is 25.9 Å². The highest BCUT2D eigenvalue weighted by molar-refractivity contribution is 6.30. The van der Waals surface area contributed by atoms with Crippen LogP contribution in [-0.2, 0) is 11.2 Å². The van der Waals surface area contributed by atoms with Crippen molar-refractivity contribution in [2.24, 2.45) is 0 Å². The van der Waals surface area contributed by atoms with Gasteiger partial charge in [-0.1, -0.05) is 24.6 Å². The topological polar surface area (TPSA) is 29.5 Å². The van der Waals surface area contributed by atoms with Crippen molar-refractivity contribution < 1.29 is 14.2 Å². The Balaban J connectivity index is 2.43. The monoisotopic (exact) mass is 246 g/mol. The average Bonchev–Trinajstić information content (AvgIpc) is 2.24. The zero-order chi connectivity index (χ0) is 12.0. The number of hydrogen-bond acceptors (Lipinski definition) is 2. The van der Waals surface area contributed by atoms with Crippen LogP contribution in [0.3, 0.4) is 0 Å². The molecule has 0 amide bonds. The summed E-state index contributed by atoms with van der Waals surface area (Å²) in [5.74, 6) is -0.458. The van der Waals surface area contributed by atoms with Crippen LogP contribution in [0.25, 0.3) is 0 Å². The summed E-state index contributed by atoms with van der Waals surface area (Å²) >= 11 is 5.56. The SMILES string of the molecule is CCCOCC(O)Cc1ccc(Cl)c(F)c1. The summed E-state index contributed by atoms with van der Waals surface area (Å²) in [5, 5.41) is 9.71. The number of halogens is 2. The Bertz CT molecular complexity index is 331. The van der Waals surface area contributed by atoms with Gasteiger partial charge in [0, 0.05) is 13.0 Å². The highest BCUT2D eigenvalue weighted by Gasteiger charge is 2.07. The maximum Gasteiger partial charge on any atom is 0.142 e. The van der Waals surface area contributed by atoms with Gasteiger partial charge in [-0.25, -0.2) is 4.39 Å². The fourth-order valence-corrected chi connectivity index (χ4v) is 1.48. The lowest BCUT2D eigenvalue weighted by atomic mass is 10.1. The van der Waals surface area contributed by atoms with Gasteiger partial charge >= 0.3 is 0 Å². The van der Waals surface area contributed by atoms with E-state index in [1.165, 1.54) is 12.1 Å². The van der Waals surface area contributed by atoms with Crippen molar-refractivity contribution in [3.63, 3.8) is 0 Å². The number of benzene rings is 1. The molecule has 2 nitrogen and oxygen atoms in total. The summed E-state index contributed by atoms with van der Waals surface area (Å²) in [7, 11) is 0. The lowest BCUT2D eigenvalue weighted by Gasteiger charge is -2.11. The van der Waals surface area contributed by atoms with Crippen LogP contribution >= 0.6 is 11.6 Å². The first-order chi connectivity index (χ1) is 7.63. The van der Waals surface area contributed by atoms with Crippen LogP contribution in [0, 0.1) is 5.82 Å². The van der Waals surface area contributed by atoms with Crippen molar-refractivity contribution in [3.8, 4) is 0 Å². The Labute approximate surface area is 100.0 Å². The van der Waals surface area contributed by atoms with Gasteiger partial charge in [0.1, 0.15) is 5.82 Å². The van der Waals surface area contributed by atoms with E-state index in [2.05, 4.69) is 0 Å². The molecule has 0 aliphatic heterocycles. The Morgan fingerprint density at radius 2 is 2.25 bits per heavy atom. The molecule has 1 aromatic carbocycles. The van der Waals surface area contributed by atoms with Crippen LogP contribution in [0.1, 0.15) is 18.9 Å². The molecule has 1 atom stereocenters. The maximum atomic E-state index is 13.1. The number of rotatable bonds is 6. The van der Waals surface area contributed by atoms with Crippen LogP contribution in [0.4, 0.5) is 4.39 Å². The minimum absolute atomic E-state index is 0.0977. The predicted octanol–water partition coefficient (Wildman–Crippen LogP) is 2.81. The second-order valence-corrected chi connectivity index (χ2v) is 4.09. The van der Waals surface area contributed by atoms with Crippen molar-refractivity contribution in [1.82, 2.24) is 0 Å². The molecular formula is C12H16ClFO2. The van der Waals surface area contributed by atoms with Gasteiger partial charge in [-0.3, -0.25) is 0 Å². The van der Waals surface area contributed by atoms with Gasteiger partial charge in [0.15, 0.2) is 0 Å². The number of aliphatic hydroxyl groups is 1. The van der Waals surface area contributed by atoms with E-state index in [1.54, 1.807) is 6.07 Å². The smallest absolute Gasteiger partial charge is 0.142 e. The molecule has 0 radical (unpaired) electrons. The quantitative estimate of drug-likeness (QED) is 0.783. The third kappa shape index (κ3) is 4.47. The van der Waals surface area contributed by atoms with Crippen molar-refractivity contribution in [3.05, 3.63) is 34.6 Å². The normalized spacial score (nSPS) is 12.8. The Morgan fingerprint density at radius 3 is 2.88 bits per heavy atom. The van der Waals surface area contributed by atoms with Crippen LogP contribution in [0.15, 0.2) is 18.2 Å². The molecule has 1 unspecified atom stereocenters. The average molecular weight is 247 g/mol. The van der Waals surface area contributed by atoms with E-state index in [-0.39, 0.29) is 11.6 Å². The lowest BCUT2D eigenvalue weighted by Crippen LogP contribution is -2.18. The van der Waals surface area contributed by atoms with Gasteiger partial charge in [0.2, 0.25) is 0 Å². The standard InChI is InChI=1S/C12H16ClFO2/c1-2-5-16-8-10(15)6-9-3-4-11(13)12(14)7-9/h3-4,7,10,15H,2,5-6,8H2,1H3. The molecule has 0 saturated heterocycles. The molecule has 0 fully saturated rings. The lowest BCUT2D eigenvalue weighted by molar-refractivity contribution is 0.0374. The van der Waals surface area contributed by atoms with Crippen LogP contribution in [-0.4, -0.2) is 24.4 Å². The zero-order valence-corrected chi connectivity index (χ0v) is 10.0. The van der Waals surface area contributed by atoms with E-state index in [4.69, 9.17) is 16.3 Å². The van der Waals surface area contributed by atoms with E-state index in [1.807, 2.05) is 6.92 Å². The van der Waals surface area contributed by atoms with Gasteiger partial charge in [-0.15, -0.1) is 0 Å². The molecule has 1 aromatic rings. The second-order valence-electron chi connectivity index (χ2n) is 3.68. The van der Waals surface area contributed by atoms with Crippen LogP contribution in [0.5, 0.6) is 0 Å². The Morgan fingerprint density at radius 1 is 1.50 bits per heavy atom. The van der Waals surface area contributed by atoms with E-state index >= 15 is 0 Å². The highest BCUT2D eigenvalue weighted by atomic mass is 35.5. The number of aliphatic hydroxyl groups excluding tert-OH is 1. The van der Waals surface area contributed by atoms with Crippen LogP contribution < -0.4 is 0 Å². The third-order valence-electron chi connectivity index (χ3n) is 2.11. The first-order valence-electron chi connectivity index (χ1n) is 5.33. The van der Waals surface area contributed by atoms with E-state index < -0.39 is 11.9 Å². The molecule has 4 heteroatoms. The summed E-state index contributed by atoms with van der Waals surface area (Å²) in [6.07, 6.45) is 0.687. The first kappa shape index (κ1) is 13.4. The molecule has 0 bridgehead atoms.